The van der Waals surface area contributed by atoms with E-state index < -0.39 is 6.04 Å². The molecule has 2 aromatic rings. The number of nitrogens with one attached hydrogen (secondary N) is 1. The average Bonchev–Trinajstić information content (AvgIpc) is 2.62. The molecule has 0 aliphatic rings. The van der Waals surface area contributed by atoms with Crippen LogP contribution in [0.5, 0.6) is 0 Å². The molecule has 0 bridgehead atoms. The molecule has 1 atom stereocenters. The molecule has 2 amide bonds. The molecule has 4 nitrogen and oxygen atoms in total. The molecule has 25 heavy (non-hydrogen) atoms. The molecule has 2 aromatic carbocycles. The van der Waals surface area contributed by atoms with Gasteiger partial charge >= 0.3 is 0 Å². The highest BCUT2D eigenvalue weighted by Crippen LogP contribution is 2.18. The largest absolute Gasteiger partial charge is 0.355 e. The van der Waals surface area contributed by atoms with E-state index >= 15 is 0 Å². The molecule has 0 saturated heterocycles. The molecular formula is C20H23ClN2O2. The first-order chi connectivity index (χ1) is 12.0. The molecule has 0 saturated carbocycles. The lowest BCUT2D eigenvalue weighted by molar-refractivity contribution is -0.140. The summed E-state index contributed by atoms with van der Waals surface area (Å²) in [6.45, 7) is 4.51. The number of hydrogen-bond donors (Lipinski definition) is 1. The van der Waals surface area contributed by atoms with Crippen molar-refractivity contribution < 1.29 is 9.59 Å². The lowest BCUT2D eigenvalue weighted by Gasteiger charge is -2.29. The van der Waals surface area contributed by atoms with Gasteiger partial charge in [-0.15, -0.1) is 0 Å². The Morgan fingerprint density at radius 3 is 2.36 bits per heavy atom. The fourth-order valence-electron chi connectivity index (χ4n) is 2.59. The number of carbonyl (C=O) groups excluding carboxylic acids is 2. The maximum Gasteiger partial charge on any atom is 0.242 e. The molecule has 0 radical (unpaired) electrons. The molecule has 0 unspecified atom stereocenters. The Balaban J connectivity index is 2.22. The van der Waals surface area contributed by atoms with E-state index in [0.717, 1.165) is 11.1 Å². The third kappa shape index (κ3) is 5.33. The number of likely N-dealkylation sites (N-methyl/N-ethyl adjacent to an activating group) is 1. The van der Waals surface area contributed by atoms with Crippen molar-refractivity contribution in [2.45, 2.75) is 32.9 Å². The van der Waals surface area contributed by atoms with E-state index in [1.165, 1.54) is 0 Å². The molecule has 0 aromatic heterocycles. The monoisotopic (exact) mass is 358 g/mol. The van der Waals surface area contributed by atoms with Gasteiger partial charge in [-0.05, 0) is 31.0 Å². The first-order valence-corrected chi connectivity index (χ1v) is 8.75. The van der Waals surface area contributed by atoms with Crippen LogP contribution in [0.2, 0.25) is 5.02 Å². The summed E-state index contributed by atoms with van der Waals surface area (Å²) in [6.07, 6.45) is 0.163. The zero-order valence-corrected chi connectivity index (χ0v) is 15.3. The van der Waals surface area contributed by atoms with Crippen LogP contribution in [-0.2, 0) is 22.6 Å². The SMILES string of the molecule is CCNC(=O)[C@H](C)N(Cc1ccccc1)C(=O)Cc1ccccc1Cl. The normalized spacial score (nSPS) is 11.6. The van der Waals surface area contributed by atoms with Crippen molar-refractivity contribution in [2.75, 3.05) is 6.54 Å². The van der Waals surface area contributed by atoms with Crippen molar-refractivity contribution in [1.82, 2.24) is 10.2 Å². The number of carbonyl (C=O) groups is 2. The number of benzene rings is 2. The number of nitrogens with zero attached hydrogens (tertiary/aromatic N) is 1. The first-order valence-electron chi connectivity index (χ1n) is 8.37. The highest BCUT2D eigenvalue weighted by atomic mass is 35.5. The van der Waals surface area contributed by atoms with Crippen molar-refractivity contribution in [1.29, 1.82) is 0 Å². The van der Waals surface area contributed by atoms with Crippen LogP contribution < -0.4 is 5.32 Å². The van der Waals surface area contributed by atoms with E-state index in [4.69, 9.17) is 11.6 Å². The van der Waals surface area contributed by atoms with Crippen molar-refractivity contribution in [3.63, 3.8) is 0 Å². The Bertz CT molecular complexity index is 719. The minimum atomic E-state index is -0.560. The predicted molar refractivity (Wildman–Crippen MR) is 100 cm³/mol. The molecular weight excluding hydrogens is 336 g/mol. The van der Waals surface area contributed by atoms with Gasteiger partial charge in [0.05, 0.1) is 6.42 Å². The molecule has 0 aliphatic carbocycles. The van der Waals surface area contributed by atoms with Gasteiger partial charge in [-0.1, -0.05) is 60.1 Å². The summed E-state index contributed by atoms with van der Waals surface area (Å²) < 4.78 is 0. The summed E-state index contributed by atoms with van der Waals surface area (Å²) in [4.78, 5) is 26.8. The summed E-state index contributed by atoms with van der Waals surface area (Å²) in [7, 11) is 0. The summed E-state index contributed by atoms with van der Waals surface area (Å²) in [5.74, 6) is -0.290. The molecule has 132 valence electrons. The molecule has 0 fully saturated rings. The van der Waals surface area contributed by atoms with E-state index in [0.29, 0.717) is 18.1 Å². The molecule has 2 rings (SSSR count). The second-order valence-electron chi connectivity index (χ2n) is 5.85. The fraction of sp³-hybridized carbons (Fsp3) is 0.300. The second kappa shape index (κ2) is 9.23. The highest BCUT2D eigenvalue weighted by molar-refractivity contribution is 6.31. The Hall–Kier alpha value is -2.33. The van der Waals surface area contributed by atoms with Crippen LogP contribution >= 0.6 is 11.6 Å². The predicted octanol–water partition coefficient (Wildman–Crippen LogP) is 3.44. The van der Waals surface area contributed by atoms with Crippen molar-refractivity contribution in [2.24, 2.45) is 0 Å². The van der Waals surface area contributed by atoms with E-state index in [1.807, 2.05) is 55.5 Å². The molecule has 5 heteroatoms. The van der Waals surface area contributed by atoms with Gasteiger partial charge in [-0.2, -0.15) is 0 Å². The van der Waals surface area contributed by atoms with Gasteiger partial charge in [0.1, 0.15) is 6.04 Å². The average molecular weight is 359 g/mol. The van der Waals surface area contributed by atoms with Gasteiger partial charge < -0.3 is 10.2 Å². The van der Waals surface area contributed by atoms with E-state index in [1.54, 1.807) is 17.9 Å². The summed E-state index contributed by atoms with van der Waals surface area (Å²) in [6, 6.07) is 16.4. The van der Waals surface area contributed by atoms with Gasteiger partial charge in [-0.3, -0.25) is 9.59 Å². The van der Waals surface area contributed by atoms with Crippen LogP contribution in [-0.4, -0.2) is 29.3 Å². The summed E-state index contributed by atoms with van der Waals surface area (Å²) in [5.41, 5.74) is 1.74. The lowest BCUT2D eigenvalue weighted by Crippen LogP contribution is -2.48. The van der Waals surface area contributed by atoms with E-state index in [9.17, 15) is 9.59 Å². The van der Waals surface area contributed by atoms with Crippen LogP contribution in [0, 0.1) is 0 Å². The fourth-order valence-corrected chi connectivity index (χ4v) is 2.79. The zero-order chi connectivity index (χ0) is 18.2. The second-order valence-corrected chi connectivity index (χ2v) is 6.25. The summed E-state index contributed by atoms with van der Waals surface area (Å²) >= 11 is 6.18. The molecule has 0 spiro atoms. The van der Waals surface area contributed by atoms with Gasteiger partial charge in [-0.25, -0.2) is 0 Å². The first kappa shape index (κ1) is 19.0. The number of amides is 2. The third-order valence-electron chi connectivity index (χ3n) is 4.01. The van der Waals surface area contributed by atoms with Gasteiger partial charge in [0.25, 0.3) is 0 Å². The Morgan fingerprint density at radius 2 is 1.72 bits per heavy atom. The third-order valence-corrected chi connectivity index (χ3v) is 4.38. The van der Waals surface area contributed by atoms with Crippen LogP contribution in [0.15, 0.2) is 54.6 Å². The van der Waals surface area contributed by atoms with Crippen molar-refractivity contribution in [3.05, 3.63) is 70.7 Å². The molecule has 0 aliphatic heterocycles. The van der Waals surface area contributed by atoms with Gasteiger partial charge in [0.15, 0.2) is 0 Å². The van der Waals surface area contributed by atoms with Crippen molar-refractivity contribution >= 4 is 23.4 Å². The van der Waals surface area contributed by atoms with E-state index in [2.05, 4.69) is 5.32 Å². The van der Waals surface area contributed by atoms with Crippen LogP contribution in [0.25, 0.3) is 0 Å². The van der Waals surface area contributed by atoms with E-state index in [-0.39, 0.29) is 18.2 Å². The standard InChI is InChI=1S/C20H23ClN2O2/c1-3-22-20(25)15(2)23(14-16-9-5-4-6-10-16)19(24)13-17-11-7-8-12-18(17)21/h4-12,15H,3,13-14H2,1-2H3,(H,22,25)/t15-/m0/s1. The number of halogens is 1. The maximum absolute atomic E-state index is 12.9. The molecule has 1 N–H and O–H groups in total. The smallest absolute Gasteiger partial charge is 0.242 e. The van der Waals surface area contributed by atoms with Gasteiger partial charge in [0.2, 0.25) is 11.8 Å². The summed E-state index contributed by atoms with van der Waals surface area (Å²) in [5, 5.41) is 3.34. The topological polar surface area (TPSA) is 49.4 Å². The maximum atomic E-state index is 12.9. The van der Waals surface area contributed by atoms with Crippen LogP contribution in [0.4, 0.5) is 0 Å². The minimum absolute atomic E-state index is 0.129. The Morgan fingerprint density at radius 1 is 1.08 bits per heavy atom. The number of hydrogen-bond acceptors (Lipinski definition) is 2. The van der Waals surface area contributed by atoms with Crippen LogP contribution in [0.3, 0.4) is 0 Å². The molecule has 0 heterocycles. The lowest BCUT2D eigenvalue weighted by atomic mass is 10.1. The Kier molecular flexibility index (Phi) is 7.02. The minimum Gasteiger partial charge on any atom is -0.355 e. The highest BCUT2D eigenvalue weighted by Gasteiger charge is 2.26. The zero-order valence-electron chi connectivity index (χ0n) is 14.5. The quantitative estimate of drug-likeness (QED) is 0.824. The van der Waals surface area contributed by atoms with Crippen molar-refractivity contribution in [3.8, 4) is 0 Å². The van der Waals surface area contributed by atoms with Gasteiger partial charge in [0, 0.05) is 18.1 Å². The number of rotatable bonds is 7. The Labute approximate surface area is 153 Å². The van der Waals surface area contributed by atoms with Crippen LogP contribution in [0.1, 0.15) is 25.0 Å².